The second-order valence-corrected chi connectivity index (χ2v) is 8.30. The Morgan fingerprint density at radius 1 is 1.07 bits per heavy atom. The Morgan fingerprint density at radius 3 is 2.41 bits per heavy atom. The van der Waals surface area contributed by atoms with E-state index in [1.54, 1.807) is 18.9 Å². The Labute approximate surface area is 167 Å². The van der Waals surface area contributed by atoms with Crippen LogP contribution in [0, 0.1) is 13.8 Å². The summed E-state index contributed by atoms with van der Waals surface area (Å²) in [6.07, 6.45) is 0. The Kier molecular flexibility index (Phi) is 7.78. The number of aryl methyl sites for hydroxylation is 2. The number of hydrogen-bond donors (Lipinski definition) is 1. The Balaban J connectivity index is 1.98. The van der Waals surface area contributed by atoms with E-state index in [4.69, 9.17) is 4.74 Å². The first-order valence-corrected chi connectivity index (χ1v) is 10.6. The standard InChI is InChI=1S/C23H31NO2S/c1-15(2)20-12-21(17(4)11-22(20)26-6)18(5)24-23(25)14-27-13-19-10-8-7-9-16(19)3/h7-12,15,18H,13-14H2,1-6H3,(H,24,25)/t18-/m1/s1. The molecular formula is C23H31NO2S. The van der Waals surface area contributed by atoms with Gasteiger partial charge in [-0.2, -0.15) is 0 Å². The summed E-state index contributed by atoms with van der Waals surface area (Å²) in [7, 11) is 1.71. The molecule has 0 aromatic heterocycles. The number of benzene rings is 2. The van der Waals surface area contributed by atoms with Gasteiger partial charge in [-0.05, 0) is 66.6 Å². The van der Waals surface area contributed by atoms with Crippen LogP contribution in [0.2, 0.25) is 0 Å². The number of amides is 1. The van der Waals surface area contributed by atoms with Crippen molar-refractivity contribution in [3.8, 4) is 5.75 Å². The molecule has 2 aromatic rings. The predicted molar refractivity (Wildman–Crippen MR) is 116 cm³/mol. The summed E-state index contributed by atoms with van der Waals surface area (Å²) in [5, 5.41) is 3.14. The van der Waals surface area contributed by atoms with E-state index in [1.165, 1.54) is 16.7 Å². The summed E-state index contributed by atoms with van der Waals surface area (Å²) < 4.78 is 5.52. The number of rotatable bonds is 8. The molecule has 1 N–H and O–H groups in total. The second-order valence-electron chi connectivity index (χ2n) is 7.31. The van der Waals surface area contributed by atoms with Crippen LogP contribution in [0.25, 0.3) is 0 Å². The molecule has 2 aromatic carbocycles. The quantitative estimate of drug-likeness (QED) is 0.648. The van der Waals surface area contributed by atoms with Crippen molar-refractivity contribution in [2.24, 2.45) is 0 Å². The fourth-order valence-electron chi connectivity index (χ4n) is 3.20. The summed E-state index contributed by atoms with van der Waals surface area (Å²) in [5.74, 6) is 2.67. The fraction of sp³-hybridized carbons (Fsp3) is 0.435. The van der Waals surface area contributed by atoms with Crippen LogP contribution < -0.4 is 10.1 Å². The third-order valence-electron chi connectivity index (χ3n) is 4.84. The molecule has 0 saturated carbocycles. The highest BCUT2D eigenvalue weighted by Gasteiger charge is 2.16. The number of carbonyl (C=O) groups excluding carboxylic acids is 1. The van der Waals surface area contributed by atoms with E-state index >= 15 is 0 Å². The molecule has 0 heterocycles. The van der Waals surface area contributed by atoms with E-state index in [0.717, 1.165) is 22.6 Å². The normalized spacial score (nSPS) is 12.1. The van der Waals surface area contributed by atoms with Crippen molar-refractivity contribution >= 4 is 17.7 Å². The summed E-state index contributed by atoms with van der Waals surface area (Å²) in [6, 6.07) is 12.5. The van der Waals surface area contributed by atoms with Crippen LogP contribution in [0.5, 0.6) is 5.75 Å². The SMILES string of the molecule is COc1cc(C)c([C@@H](C)NC(=O)CSCc2ccccc2C)cc1C(C)C. The van der Waals surface area contributed by atoms with E-state index in [9.17, 15) is 4.79 Å². The molecule has 0 unspecified atom stereocenters. The van der Waals surface area contributed by atoms with Crippen LogP contribution in [-0.2, 0) is 10.5 Å². The maximum Gasteiger partial charge on any atom is 0.230 e. The molecule has 3 nitrogen and oxygen atoms in total. The predicted octanol–water partition coefficient (Wildman–Crippen LogP) is 5.55. The molecule has 1 amide bonds. The monoisotopic (exact) mass is 385 g/mol. The van der Waals surface area contributed by atoms with Crippen molar-refractivity contribution in [1.82, 2.24) is 5.32 Å². The van der Waals surface area contributed by atoms with Crippen LogP contribution in [-0.4, -0.2) is 18.8 Å². The molecule has 0 saturated heterocycles. The third kappa shape index (κ3) is 5.77. The molecule has 0 bridgehead atoms. The van der Waals surface area contributed by atoms with Gasteiger partial charge in [0.25, 0.3) is 0 Å². The topological polar surface area (TPSA) is 38.3 Å². The van der Waals surface area contributed by atoms with Gasteiger partial charge in [-0.25, -0.2) is 0 Å². The molecule has 27 heavy (non-hydrogen) atoms. The number of hydrogen-bond acceptors (Lipinski definition) is 3. The molecule has 4 heteroatoms. The lowest BCUT2D eigenvalue weighted by Gasteiger charge is -2.21. The highest BCUT2D eigenvalue weighted by atomic mass is 32.2. The Bertz CT molecular complexity index is 786. The lowest BCUT2D eigenvalue weighted by molar-refractivity contribution is -0.119. The zero-order valence-electron chi connectivity index (χ0n) is 17.3. The van der Waals surface area contributed by atoms with Crippen LogP contribution in [0.1, 0.15) is 60.5 Å². The molecule has 0 aliphatic rings. The first kappa shape index (κ1) is 21.4. The molecule has 0 aliphatic carbocycles. The van der Waals surface area contributed by atoms with Crippen molar-refractivity contribution in [3.63, 3.8) is 0 Å². The molecule has 2 rings (SSSR count). The lowest BCUT2D eigenvalue weighted by Crippen LogP contribution is -2.28. The average Bonchev–Trinajstić information content (AvgIpc) is 2.62. The van der Waals surface area contributed by atoms with Crippen LogP contribution in [0.4, 0.5) is 0 Å². The smallest absolute Gasteiger partial charge is 0.230 e. The maximum atomic E-state index is 12.4. The molecule has 0 aliphatic heterocycles. The zero-order valence-corrected chi connectivity index (χ0v) is 18.1. The van der Waals surface area contributed by atoms with Crippen molar-refractivity contribution in [2.75, 3.05) is 12.9 Å². The van der Waals surface area contributed by atoms with Gasteiger partial charge in [0.15, 0.2) is 0 Å². The van der Waals surface area contributed by atoms with Gasteiger partial charge in [-0.3, -0.25) is 4.79 Å². The van der Waals surface area contributed by atoms with Gasteiger partial charge in [0.2, 0.25) is 5.91 Å². The van der Waals surface area contributed by atoms with Crippen molar-refractivity contribution < 1.29 is 9.53 Å². The minimum Gasteiger partial charge on any atom is -0.496 e. The summed E-state index contributed by atoms with van der Waals surface area (Å²) >= 11 is 1.65. The number of carbonyl (C=O) groups is 1. The maximum absolute atomic E-state index is 12.4. The van der Waals surface area contributed by atoms with E-state index in [-0.39, 0.29) is 11.9 Å². The summed E-state index contributed by atoms with van der Waals surface area (Å²) in [6.45, 7) is 10.5. The lowest BCUT2D eigenvalue weighted by atomic mass is 9.93. The van der Waals surface area contributed by atoms with E-state index in [1.807, 2.05) is 19.1 Å². The van der Waals surface area contributed by atoms with Gasteiger partial charge in [0, 0.05) is 5.75 Å². The van der Waals surface area contributed by atoms with Crippen LogP contribution >= 0.6 is 11.8 Å². The van der Waals surface area contributed by atoms with Crippen LogP contribution in [0.3, 0.4) is 0 Å². The molecular weight excluding hydrogens is 354 g/mol. The van der Waals surface area contributed by atoms with Gasteiger partial charge < -0.3 is 10.1 Å². The van der Waals surface area contributed by atoms with E-state index in [0.29, 0.717) is 11.7 Å². The highest BCUT2D eigenvalue weighted by Crippen LogP contribution is 2.32. The molecule has 0 spiro atoms. The summed E-state index contributed by atoms with van der Waals surface area (Å²) in [4.78, 5) is 12.4. The number of thioether (sulfide) groups is 1. The number of nitrogens with one attached hydrogen (secondary N) is 1. The van der Waals surface area contributed by atoms with E-state index in [2.05, 4.69) is 57.3 Å². The molecule has 0 fully saturated rings. The third-order valence-corrected chi connectivity index (χ3v) is 5.82. The largest absolute Gasteiger partial charge is 0.496 e. The minimum atomic E-state index is -0.0278. The zero-order chi connectivity index (χ0) is 20.0. The van der Waals surface area contributed by atoms with Crippen molar-refractivity contribution in [3.05, 3.63) is 64.2 Å². The molecule has 0 radical (unpaired) electrons. The van der Waals surface area contributed by atoms with Crippen LogP contribution in [0.15, 0.2) is 36.4 Å². The molecule has 146 valence electrons. The first-order valence-electron chi connectivity index (χ1n) is 9.43. The minimum absolute atomic E-state index is 0.0278. The summed E-state index contributed by atoms with van der Waals surface area (Å²) in [5.41, 5.74) is 6.02. The van der Waals surface area contributed by atoms with Crippen molar-refractivity contribution in [2.45, 2.75) is 52.3 Å². The van der Waals surface area contributed by atoms with Gasteiger partial charge in [0.1, 0.15) is 5.75 Å². The van der Waals surface area contributed by atoms with Crippen molar-refractivity contribution in [1.29, 1.82) is 0 Å². The second kappa shape index (κ2) is 9.84. The van der Waals surface area contributed by atoms with Gasteiger partial charge in [-0.1, -0.05) is 38.1 Å². The Hall–Kier alpha value is -1.94. The average molecular weight is 386 g/mol. The Morgan fingerprint density at radius 2 is 1.78 bits per heavy atom. The number of methoxy groups -OCH3 is 1. The first-order chi connectivity index (χ1) is 12.8. The highest BCUT2D eigenvalue weighted by molar-refractivity contribution is 7.99. The number of ether oxygens (including phenoxy) is 1. The van der Waals surface area contributed by atoms with Gasteiger partial charge >= 0.3 is 0 Å². The van der Waals surface area contributed by atoms with Gasteiger partial charge in [0.05, 0.1) is 18.9 Å². The van der Waals surface area contributed by atoms with E-state index < -0.39 is 0 Å². The molecule has 1 atom stereocenters. The fourth-order valence-corrected chi connectivity index (χ4v) is 4.11. The van der Waals surface area contributed by atoms with Gasteiger partial charge in [-0.15, -0.1) is 11.8 Å².